The molecule has 0 unspecified atom stereocenters. The van der Waals surface area contributed by atoms with Crippen LogP contribution in [-0.2, 0) is 0 Å². The van der Waals surface area contributed by atoms with Gasteiger partial charge in [0.2, 0.25) is 5.82 Å². The van der Waals surface area contributed by atoms with Crippen LogP contribution in [0.3, 0.4) is 0 Å². The average molecular weight is 372 g/mol. The third-order valence-corrected chi connectivity index (χ3v) is 5.98. The summed E-state index contributed by atoms with van der Waals surface area (Å²) >= 11 is 0. The molecule has 0 bridgehead atoms. The van der Waals surface area contributed by atoms with Crippen LogP contribution in [0.5, 0.6) is 0 Å². The highest BCUT2D eigenvalue weighted by atomic mass is 15.6. The van der Waals surface area contributed by atoms with Gasteiger partial charge in [0.15, 0.2) is 0 Å². The molecule has 1 aliphatic heterocycles. The summed E-state index contributed by atoms with van der Waals surface area (Å²) in [4.78, 5) is 4.18. The number of benzene rings is 1. The molecule has 0 amide bonds. The molecule has 1 atom stereocenters. The summed E-state index contributed by atoms with van der Waals surface area (Å²) in [7, 11) is 0. The zero-order valence-electron chi connectivity index (χ0n) is 17.6. The molecule has 0 radical (unpaired) electrons. The number of hydrogen-bond donors (Lipinski definition) is 1. The molecule has 1 aromatic carbocycles. The predicted octanol–water partition coefficient (Wildman–Crippen LogP) is 2.51. The van der Waals surface area contributed by atoms with Gasteiger partial charge in [-0.3, -0.25) is 0 Å². The largest absolute Gasteiger partial charge is 0.360 e. The van der Waals surface area contributed by atoms with Gasteiger partial charge in [-0.25, -0.2) is 4.68 Å². The van der Waals surface area contributed by atoms with Crippen molar-refractivity contribution in [1.29, 1.82) is 0 Å². The lowest BCUT2D eigenvalue weighted by molar-refractivity contribution is -0.933. The molecule has 0 spiro atoms. The van der Waals surface area contributed by atoms with Crippen LogP contribution in [0.25, 0.3) is 0 Å². The fraction of sp³-hybridized carbons (Fsp3) is 0.667. The van der Waals surface area contributed by atoms with Crippen molar-refractivity contribution < 1.29 is 4.90 Å². The van der Waals surface area contributed by atoms with Crippen molar-refractivity contribution in [2.45, 2.75) is 66.0 Å². The molecular weight excluding hydrogens is 336 g/mol. The van der Waals surface area contributed by atoms with Gasteiger partial charge in [-0.1, -0.05) is 25.5 Å². The fourth-order valence-corrected chi connectivity index (χ4v) is 4.18. The lowest BCUT2D eigenvalue weighted by Gasteiger charge is -2.38. The second-order valence-electron chi connectivity index (χ2n) is 8.13. The minimum Gasteiger partial charge on any atom is -0.360 e. The van der Waals surface area contributed by atoms with Crippen molar-refractivity contribution in [3.8, 4) is 0 Å². The van der Waals surface area contributed by atoms with Gasteiger partial charge in [0.25, 0.3) is 0 Å². The van der Waals surface area contributed by atoms with Gasteiger partial charge in [-0.2, -0.15) is 0 Å². The van der Waals surface area contributed by atoms with Crippen molar-refractivity contribution in [3.63, 3.8) is 0 Å². The molecule has 27 heavy (non-hydrogen) atoms. The lowest BCUT2D eigenvalue weighted by atomic mass is 10.0. The summed E-state index contributed by atoms with van der Waals surface area (Å²) in [5.74, 6) is 1.06. The number of piperazine rings is 1. The second kappa shape index (κ2) is 8.83. The van der Waals surface area contributed by atoms with E-state index < -0.39 is 0 Å². The van der Waals surface area contributed by atoms with Gasteiger partial charge in [0, 0.05) is 12.1 Å². The molecular formula is C21H35N6+. The first kappa shape index (κ1) is 19.8. The zero-order valence-corrected chi connectivity index (χ0v) is 17.6. The Morgan fingerprint density at radius 1 is 1.15 bits per heavy atom. The fourth-order valence-electron chi connectivity index (χ4n) is 4.18. The molecule has 0 saturated carbocycles. The highest BCUT2D eigenvalue weighted by molar-refractivity contribution is 5.56. The molecule has 1 aliphatic rings. The van der Waals surface area contributed by atoms with E-state index in [1.807, 2.05) is 4.68 Å². The number of aryl methyl sites for hydroxylation is 1. The third kappa shape index (κ3) is 4.32. The van der Waals surface area contributed by atoms with Crippen molar-refractivity contribution in [1.82, 2.24) is 20.2 Å². The number of hydrogen-bond acceptors (Lipinski definition) is 4. The van der Waals surface area contributed by atoms with E-state index in [4.69, 9.17) is 0 Å². The summed E-state index contributed by atoms with van der Waals surface area (Å²) in [6.07, 6.45) is 3.59. The van der Waals surface area contributed by atoms with Crippen LogP contribution in [0.4, 0.5) is 5.69 Å². The summed E-state index contributed by atoms with van der Waals surface area (Å²) in [6, 6.07) is 7.34. The van der Waals surface area contributed by atoms with E-state index in [0.29, 0.717) is 12.1 Å². The van der Waals surface area contributed by atoms with Crippen molar-refractivity contribution in [3.05, 3.63) is 35.2 Å². The van der Waals surface area contributed by atoms with Crippen molar-refractivity contribution in [2.24, 2.45) is 0 Å². The molecule has 3 rings (SSSR count). The van der Waals surface area contributed by atoms with E-state index in [2.05, 4.69) is 73.2 Å². The van der Waals surface area contributed by atoms with E-state index in [1.54, 1.807) is 4.90 Å². The molecule has 1 saturated heterocycles. The normalized spacial score (nSPS) is 16.9. The van der Waals surface area contributed by atoms with Crippen molar-refractivity contribution in [2.75, 3.05) is 31.1 Å². The SMILES string of the molecule is CCCC[C@@H](c1nnnn1C(C)C)[NH+]1CCN(c2cccc(C)c2C)CC1. The van der Waals surface area contributed by atoms with Crippen LogP contribution in [-0.4, -0.2) is 46.4 Å². The summed E-state index contributed by atoms with van der Waals surface area (Å²) in [5.41, 5.74) is 4.18. The number of tetrazole rings is 1. The maximum Gasteiger partial charge on any atom is 0.209 e. The van der Waals surface area contributed by atoms with E-state index in [9.17, 15) is 0 Å². The minimum atomic E-state index is 0.301. The van der Waals surface area contributed by atoms with Crippen LogP contribution in [0.1, 0.15) is 69.1 Å². The first-order valence-electron chi connectivity index (χ1n) is 10.5. The molecule has 1 fully saturated rings. The molecule has 1 N–H and O–H groups in total. The standard InChI is InChI=1S/C21H34N6/c1-6-7-10-20(21-22-23-24-27(21)16(2)3)26-14-12-25(13-15-26)19-11-8-9-17(4)18(19)5/h8-9,11,16,20H,6-7,10,12-15H2,1-5H3/p+1/t20-/m0/s1. The van der Waals surface area contributed by atoms with Crippen LogP contribution >= 0.6 is 0 Å². The Morgan fingerprint density at radius 2 is 1.89 bits per heavy atom. The van der Waals surface area contributed by atoms with Crippen molar-refractivity contribution >= 4 is 5.69 Å². The maximum absolute atomic E-state index is 4.44. The lowest BCUT2D eigenvalue weighted by Crippen LogP contribution is -3.15. The molecule has 6 heteroatoms. The van der Waals surface area contributed by atoms with Crippen LogP contribution in [0.2, 0.25) is 0 Å². The van der Waals surface area contributed by atoms with E-state index >= 15 is 0 Å². The van der Waals surface area contributed by atoms with E-state index in [-0.39, 0.29) is 0 Å². The predicted molar refractivity (Wildman–Crippen MR) is 109 cm³/mol. The Hall–Kier alpha value is -1.95. The quantitative estimate of drug-likeness (QED) is 0.812. The smallest absolute Gasteiger partial charge is 0.209 e. The Labute approximate surface area is 163 Å². The average Bonchev–Trinajstić information content (AvgIpc) is 3.15. The summed E-state index contributed by atoms with van der Waals surface area (Å²) in [5, 5.41) is 12.7. The topological polar surface area (TPSA) is 51.3 Å². The Morgan fingerprint density at radius 3 is 2.56 bits per heavy atom. The second-order valence-corrected chi connectivity index (χ2v) is 8.13. The van der Waals surface area contributed by atoms with Crippen LogP contribution in [0.15, 0.2) is 18.2 Å². The number of nitrogens with zero attached hydrogens (tertiary/aromatic N) is 5. The number of unbranched alkanes of at least 4 members (excludes halogenated alkanes) is 1. The number of nitrogens with one attached hydrogen (secondary N) is 1. The third-order valence-electron chi connectivity index (χ3n) is 5.98. The molecule has 148 valence electrons. The minimum absolute atomic E-state index is 0.301. The highest BCUT2D eigenvalue weighted by Crippen LogP contribution is 2.23. The number of rotatable bonds is 7. The summed E-state index contributed by atoms with van der Waals surface area (Å²) < 4.78 is 2.02. The van der Waals surface area contributed by atoms with Gasteiger partial charge < -0.3 is 9.80 Å². The van der Waals surface area contributed by atoms with Gasteiger partial charge >= 0.3 is 0 Å². The van der Waals surface area contributed by atoms with E-state index in [1.165, 1.54) is 29.7 Å². The first-order valence-corrected chi connectivity index (χ1v) is 10.5. The molecule has 6 nitrogen and oxygen atoms in total. The van der Waals surface area contributed by atoms with E-state index in [0.717, 1.165) is 38.4 Å². The van der Waals surface area contributed by atoms with Crippen LogP contribution < -0.4 is 9.80 Å². The Bertz CT molecular complexity index is 730. The zero-order chi connectivity index (χ0) is 19.4. The highest BCUT2D eigenvalue weighted by Gasteiger charge is 2.33. The van der Waals surface area contributed by atoms with Gasteiger partial charge in [0.1, 0.15) is 6.04 Å². The van der Waals surface area contributed by atoms with Crippen LogP contribution in [0, 0.1) is 13.8 Å². The van der Waals surface area contributed by atoms with Gasteiger partial charge in [0.05, 0.1) is 32.2 Å². The molecule has 1 aromatic heterocycles. The summed E-state index contributed by atoms with van der Waals surface area (Å²) in [6.45, 7) is 15.5. The molecule has 0 aliphatic carbocycles. The van der Waals surface area contributed by atoms with Gasteiger partial charge in [-0.05, 0) is 61.7 Å². The Kier molecular flexibility index (Phi) is 6.47. The number of quaternary nitrogens is 1. The Balaban J connectivity index is 1.74. The van der Waals surface area contributed by atoms with Gasteiger partial charge in [-0.15, -0.1) is 5.10 Å². The first-order chi connectivity index (χ1) is 13.0. The number of anilines is 1. The monoisotopic (exact) mass is 371 g/mol. The molecule has 2 aromatic rings. The number of aromatic nitrogens is 4. The maximum atomic E-state index is 4.44. The molecule has 2 heterocycles.